The molecule has 2 aliphatic rings. The SMILES string of the molecule is CC(=O)OC[C@H]1O[C@H](O[C@@H](CC#C[Si](C)(C)C)C2=CCCC2)[C@@H](I)[C@@H](OC(C)=O)[C@@H]1OC(C)=O. The lowest BCUT2D eigenvalue weighted by Gasteiger charge is -2.43. The van der Waals surface area contributed by atoms with Crippen LogP contribution >= 0.6 is 22.6 Å². The highest BCUT2D eigenvalue weighted by Gasteiger charge is 2.50. The fraction of sp³-hybridized carbons (Fsp3) is 0.708. The molecule has 0 bridgehead atoms. The van der Waals surface area contributed by atoms with Gasteiger partial charge < -0.3 is 23.7 Å². The average Bonchev–Trinajstić information content (AvgIpc) is 3.23. The largest absolute Gasteiger partial charge is 0.463 e. The van der Waals surface area contributed by atoms with Crippen LogP contribution in [0.4, 0.5) is 0 Å². The van der Waals surface area contributed by atoms with Crippen LogP contribution in [0, 0.1) is 11.5 Å². The second kappa shape index (κ2) is 13.0. The van der Waals surface area contributed by atoms with Crippen molar-refractivity contribution in [2.45, 2.75) is 101 Å². The van der Waals surface area contributed by atoms with Gasteiger partial charge in [-0.15, -0.1) is 11.5 Å². The van der Waals surface area contributed by atoms with Crippen LogP contribution in [0.5, 0.6) is 0 Å². The Labute approximate surface area is 216 Å². The Morgan fingerprint density at radius 3 is 2.29 bits per heavy atom. The number of rotatable bonds is 8. The van der Waals surface area contributed by atoms with Crippen LogP contribution < -0.4 is 0 Å². The van der Waals surface area contributed by atoms with Gasteiger partial charge >= 0.3 is 17.9 Å². The zero-order valence-corrected chi connectivity index (χ0v) is 23.9. The third-order valence-electron chi connectivity index (χ3n) is 5.17. The minimum Gasteiger partial charge on any atom is -0.463 e. The van der Waals surface area contributed by atoms with Crippen LogP contribution in [-0.4, -0.2) is 67.2 Å². The minimum absolute atomic E-state index is 0.170. The smallest absolute Gasteiger partial charge is 0.303 e. The highest BCUT2D eigenvalue weighted by molar-refractivity contribution is 14.1. The predicted molar refractivity (Wildman–Crippen MR) is 137 cm³/mol. The highest BCUT2D eigenvalue weighted by atomic mass is 127. The molecule has 1 fully saturated rings. The Hall–Kier alpha value is -1.42. The van der Waals surface area contributed by atoms with Crippen molar-refractivity contribution in [3.8, 4) is 11.5 Å². The standard InChI is InChI=1S/C24H35IO8Si/c1-15(26)29-14-20-22(30-16(2)27)23(31-17(3)28)21(25)24(33-20)32-19(18-10-7-8-11-18)12-9-13-34(4,5)6/h10,19-24H,7-8,11-12,14H2,1-6H3/t19-,20+,21-,22+,23+,24-/m0/s1. The summed E-state index contributed by atoms with van der Waals surface area (Å²) in [5.74, 6) is 1.72. The average molecular weight is 607 g/mol. The van der Waals surface area contributed by atoms with Crippen LogP contribution in [0.15, 0.2) is 11.6 Å². The molecule has 0 N–H and O–H groups in total. The van der Waals surface area contributed by atoms with E-state index in [1.54, 1.807) is 0 Å². The topological polar surface area (TPSA) is 97.4 Å². The molecule has 0 radical (unpaired) electrons. The van der Waals surface area contributed by atoms with Crippen LogP contribution in [-0.2, 0) is 38.1 Å². The van der Waals surface area contributed by atoms with E-state index in [1.807, 2.05) is 0 Å². The highest BCUT2D eigenvalue weighted by Crippen LogP contribution is 2.35. The van der Waals surface area contributed by atoms with Crippen molar-refractivity contribution in [2.24, 2.45) is 0 Å². The van der Waals surface area contributed by atoms with Crippen molar-refractivity contribution >= 4 is 48.6 Å². The first-order valence-corrected chi connectivity index (χ1v) is 16.2. The third kappa shape index (κ3) is 9.32. The fourth-order valence-corrected chi connectivity index (χ4v) is 5.32. The molecule has 1 aliphatic carbocycles. The van der Waals surface area contributed by atoms with Gasteiger partial charge in [0.05, 0.1) is 6.10 Å². The molecule has 0 unspecified atom stereocenters. The summed E-state index contributed by atoms with van der Waals surface area (Å²) in [6.07, 6.45) is 1.99. The molecule has 0 aromatic rings. The molecule has 190 valence electrons. The van der Waals surface area contributed by atoms with Crippen molar-refractivity contribution < 1.29 is 38.1 Å². The first-order chi connectivity index (χ1) is 15.9. The van der Waals surface area contributed by atoms with Gasteiger partial charge in [0.2, 0.25) is 0 Å². The number of carbonyl (C=O) groups excluding carboxylic acids is 3. The Morgan fingerprint density at radius 1 is 1.12 bits per heavy atom. The summed E-state index contributed by atoms with van der Waals surface area (Å²) in [6.45, 7) is 10.2. The fourth-order valence-electron chi connectivity index (χ4n) is 3.80. The molecule has 0 saturated carbocycles. The van der Waals surface area contributed by atoms with Crippen molar-refractivity contribution in [1.29, 1.82) is 0 Å². The molecule has 0 aromatic heterocycles. The lowest BCUT2D eigenvalue weighted by Crippen LogP contribution is -2.60. The van der Waals surface area contributed by atoms with Gasteiger partial charge in [-0.05, 0) is 24.8 Å². The molecule has 1 saturated heterocycles. The second-order valence-corrected chi connectivity index (χ2v) is 15.7. The molecule has 0 aromatic carbocycles. The van der Waals surface area contributed by atoms with E-state index in [1.165, 1.54) is 26.3 Å². The lowest BCUT2D eigenvalue weighted by molar-refractivity contribution is -0.266. The van der Waals surface area contributed by atoms with Gasteiger partial charge in [0, 0.05) is 27.2 Å². The maximum Gasteiger partial charge on any atom is 0.303 e. The number of hydrogen-bond donors (Lipinski definition) is 0. The maximum absolute atomic E-state index is 11.9. The van der Waals surface area contributed by atoms with E-state index in [0.717, 1.165) is 19.3 Å². The number of allylic oxidation sites excluding steroid dienone is 1. The van der Waals surface area contributed by atoms with E-state index in [-0.39, 0.29) is 12.7 Å². The van der Waals surface area contributed by atoms with Gasteiger partial charge in [0.15, 0.2) is 18.5 Å². The number of hydrogen-bond acceptors (Lipinski definition) is 8. The predicted octanol–water partition coefficient (Wildman–Crippen LogP) is 3.71. The summed E-state index contributed by atoms with van der Waals surface area (Å²) in [6, 6.07) is 0. The van der Waals surface area contributed by atoms with Crippen LogP contribution in [0.3, 0.4) is 0 Å². The number of esters is 3. The van der Waals surface area contributed by atoms with Gasteiger partial charge in [0.25, 0.3) is 0 Å². The second-order valence-electron chi connectivity index (χ2n) is 9.49. The van der Waals surface area contributed by atoms with Crippen molar-refractivity contribution in [2.75, 3.05) is 6.61 Å². The molecular weight excluding hydrogens is 571 g/mol. The van der Waals surface area contributed by atoms with E-state index in [9.17, 15) is 14.4 Å². The quantitative estimate of drug-likeness (QED) is 0.0785. The first kappa shape index (κ1) is 28.8. The monoisotopic (exact) mass is 606 g/mol. The van der Waals surface area contributed by atoms with Crippen molar-refractivity contribution in [3.63, 3.8) is 0 Å². The normalized spacial score (nSPS) is 27.6. The van der Waals surface area contributed by atoms with E-state index in [4.69, 9.17) is 23.7 Å². The van der Waals surface area contributed by atoms with Gasteiger partial charge in [-0.3, -0.25) is 14.4 Å². The zero-order chi connectivity index (χ0) is 25.5. The molecule has 10 heteroatoms. The molecule has 0 spiro atoms. The number of alkyl halides is 1. The molecule has 8 nitrogen and oxygen atoms in total. The summed E-state index contributed by atoms with van der Waals surface area (Å²) < 4.78 is 28.3. The first-order valence-electron chi connectivity index (χ1n) is 11.5. The van der Waals surface area contributed by atoms with Crippen LogP contribution in [0.1, 0.15) is 46.5 Å². The van der Waals surface area contributed by atoms with Crippen LogP contribution in [0.25, 0.3) is 0 Å². The van der Waals surface area contributed by atoms with Crippen molar-refractivity contribution in [3.05, 3.63) is 11.6 Å². The molecule has 1 aliphatic heterocycles. The summed E-state index contributed by atoms with van der Waals surface area (Å²) in [7, 11) is -1.54. The van der Waals surface area contributed by atoms with Gasteiger partial charge in [-0.1, -0.05) is 48.3 Å². The Balaban J connectivity index is 2.31. The van der Waals surface area contributed by atoms with Crippen molar-refractivity contribution in [1.82, 2.24) is 0 Å². The van der Waals surface area contributed by atoms with Gasteiger partial charge in [-0.2, -0.15) is 0 Å². The van der Waals surface area contributed by atoms with Crippen LogP contribution in [0.2, 0.25) is 19.6 Å². The number of ether oxygens (including phenoxy) is 5. The number of halogens is 1. The van der Waals surface area contributed by atoms with Gasteiger partial charge in [0.1, 0.15) is 24.7 Å². The molecule has 34 heavy (non-hydrogen) atoms. The molecule has 6 atom stereocenters. The van der Waals surface area contributed by atoms with E-state index >= 15 is 0 Å². The third-order valence-corrected chi connectivity index (χ3v) is 7.39. The van der Waals surface area contributed by atoms with E-state index in [2.05, 4.69) is 59.8 Å². The Bertz CT molecular complexity index is 840. The maximum atomic E-state index is 11.9. The van der Waals surface area contributed by atoms with E-state index in [0.29, 0.717) is 6.42 Å². The summed E-state index contributed by atoms with van der Waals surface area (Å²) in [5.41, 5.74) is 4.56. The zero-order valence-electron chi connectivity index (χ0n) is 20.7. The summed E-state index contributed by atoms with van der Waals surface area (Å²) >= 11 is 2.10. The Kier molecular flexibility index (Phi) is 11.1. The minimum atomic E-state index is -1.54. The molecule has 1 heterocycles. The summed E-state index contributed by atoms with van der Waals surface area (Å²) in [4.78, 5) is 35.1. The molecule has 2 rings (SSSR count). The van der Waals surface area contributed by atoms with E-state index < -0.39 is 54.5 Å². The molecular formula is C24H35IO8Si. The lowest BCUT2D eigenvalue weighted by atomic mass is 10.0. The molecule has 0 amide bonds. The van der Waals surface area contributed by atoms with Gasteiger partial charge in [-0.25, -0.2) is 0 Å². The Morgan fingerprint density at radius 2 is 1.76 bits per heavy atom. The number of carbonyl (C=O) groups is 3. The summed E-state index contributed by atoms with van der Waals surface area (Å²) in [5, 5.41) is 0.